The van der Waals surface area contributed by atoms with Crippen molar-refractivity contribution in [2.45, 2.75) is 5.92 Å². The van der Waals surface area contributed by atoms with Crippen LogP contribution < -0.4 is 5.73 Å². The molecule has 1 heterocycles. The van der Waals surface area contributed by atoms with Crippen LogP contribution in [0.5, 0.6) is 0 Å². The lowest BCUT2D eigenvalue weighted by Gasteiger charge is -2.13. The van der Waals surface area contributed by atoms with Gasteiger partial charge in [0.1, 0.15) is 0 Å². The highest BCUT2D eigenvalue weighted by atomic mass is 79.9. The van der Waals surface area contributed by atoms with Crippen molar-refractivity contribution in [3.05, 3.63) is 22.4 Å². The molecule has 17 heavy (non-hydrogen) atoms. The highest BCUT2D eigenvalue weighted by molar-refractivity contribution is 9.10. The summed E-state index contributed by atoms with van der Waals surface area (Å²) in [4.78, 5) is 27.0. The van der Waals surface area contributed by atoms with E-state index in [-0.39, 0.29) is 11.4 Å². The summed E-state index contributed by atoms with van der Waals surface area (Å²) in [6, 6.07) is 1.54. The molecule has 7 heteroatoms. The summed E-state index contributed by atoms with van der Waals surface area (Å²) in [5, 5.41) is 0. The normalized spacial score (nSPS) is 10.1. The van der Waals surface area contributed by atoms with E-state index in [0.29, 0.717) is 4.47 Å². The number of aromatic nitrogens is 1. The maximum Gasteiger partial charge on any atom is 0.326 e. The van der Waals surface area contributed by atoms with E-state index >= 15 is 0 Å². The minimum atomic E-state index is -1.27. The first-order valence-corrected chi connectivity index (χ1v) is 5.37. The second-order valence-electron chi connectivity index (χ2n) is 3.11. The van der Waals surface area contributed by atoms with Gasteiger partial charge in [-0.15, -0.1) is 0 Å². The van der Waals surface area contributed by atoms with Gasteiger partial charge >= 0.3 is 11.9 Å². The van der Waals surface area contributed by atoms with Crippen LogP contribution in [0, 0.1) is 0 Å². The summed E-state index contributed by atoms with van der Waals surface area (Å²) < 4.78 is 9.70. The van der Waals surface area contributed by atoms with E-state index in [2.05, 4.69) is 30.4 Å². The summed E-state index contributed by atoms with van der Waals surface area (Å²) in [6.07, 6.45) is 1.44. The molecule has 1 rings (SSSR count). The lowest BCUT2D eigenvalue weighted by molar-refractivity contribution is -0.154. The van der Waals surface area contributed by atoms with Gasteiger partial charge in [-0.05, 0) is 22.0 Å². The van der Waals surface area contributed by atoms with E-state index in [4.69, 9.17) is 5.73 Å². The zero-order chi connectivity index (χ0) is 13.0. The predicted molar refractivity (Wildman–Crippen MR) is 63.1 cm³/mol. The maximum atomic E-state index is 11.5. The predicted octanol–water partition coefficient (Wildman–Crippen LogP) is 0.856. The number of nitrogens with two attached hydrogens (primary N) is 1. The average molecular weight is 303 g/mol. The standard InChI is InChI=1S/C10H11BrN2O4/c1-16-9(14)7(10(15)17-2)8-6(12)3-5(11)4-13-8/h3-4,7H,12H2,1-2H3. The van der Waals surface area contributed by atoms with Crippen LogP contribution >= 0.6 is 15.9 Å². The van der Waals surface area contributed by atoms with Gasteiger partial charge in [-0.1, -0.05) is 0 Å². The Labute approximate surface area is 106 Å². The second kappa shape index (κ2) is 5.62. The van der Waals surface area contributed by atoms with E-state index in [1.165, 1.54) is 20.4 Å². The molecule has 0 radical (unpaired) electrons. The van der Waals surface area contributed by atoms with Crippen molar-refractivity contribution in [1.29, 1.82) is 0 Å². The van der Waals surface area contributed by atoms with Crippen LogP contribution in [0.15, 0.2) is 16.7 Å². The number of methoxy groups -OCH3 is 2. The maximum absolute atomic E-state index is 11.5. The molecule has 0 aliphatic rings. The lowest BCUT2D eigenvalue weighted by atomic mass is 10.0. The van der Waals surface area contributed by atoms with Crippen molar-refractivity contribution in [1.82, 2.24) is 4.98 Å². The molecule has 0 unspecified atom stereocenters. The Balaban J connectivity index is 3.22. The van der Waals surface area contributed by atoms with Crippen molar-refractivity contribution in [2.24, 2.45) is 0 Å². The number of nitrogen functional groups attached to an aromatic ring is 1. The zero-order valence-electron chi connectivity index (χ0n) is 9.27. The first-order chi connectivity index (χ1) is 8.01. The molecule has 2 N–H and O–H groups in total. The first-order valence-electron chi connectivity index (χ1n) is 4.57. The fourth-order valence-corrected chi connectivity index (χ4v) is 1.61. The van der Waals surface area contributed by atoms with Gasteiger partial charge in [-0.25, -0.2) is 0 Å². The number of ether oxygens (including phenoxy) is 2. The minimum Gasteiger partial charge on any atom is -0.468 e. The Morgan fingerprint density at radius 1 is 1.35 bits per heavy atom. The van der Waals surface area contributed by atoms with Crippen molar-refractivity contribution >= 4 is 33.6 Å². The molecule has 0 aliphatic carbocycles. The molecule has 0 aromatic carbocycles. The highest BCUT2D eigenvalue weighted by Crippen LogP contribution is 2.25. The molecule has 92 valence electrons. The number of pyridine rings is 1. The first kappa shape index (κ1) is 13.4. The Morgan fingerprint density at radius 3 is 2.29 bits per heavy atom. The van der Waals surface area contributed by atoms with Crippen LogP contribution in [0.4, 0.5) is 5.69 Å². The lowest BCUT2D eigenvalue weighted by Crippen LogP contribution is -2.26. The third-order valence-corrected chi connectivity index (χ3v) is 2.50. The molecular formula is C10H11BrN2O4. The summed E-state index contributed by atoms with van der Waals surface area (Å²) in [7, 11) is 2.35. The van der Waals surface area contributed by atoms with E-state index in [9.17, 15) is 9.59 Å². The molecule has 1 aromatic heterocycles. The van der Waals surface area contributed by atoms with E-state index in [0.717, 1.165) is 0 Å². The van der Waals surface area contributed by atoms with Crippen molar-refractivity contribution in [3.8, 4) is 0 Å². The Hall–Kier alpha value is -1.63. The molecule has 0 atom stereocenters. The summed E-state index contributed by atoms with van der Waals surface area (Å²) >= 11 is 3.18. The fourth-order valence-electron chi connectivity index (χ4n) is 1.26. The number of esters is 2. The van der Waals surface area contributed by atoms with Gasteiger partial charge in [0.25, 0.3) is 0 Å². The SMILES string of the molecule is COC(=O)C(C(=O)OC)c1ncc(Br)cc1N. The summed E-state index contributed by atoms with van der Waals surface area (Å²) in [5.74, 6) is -2.80. The number of hydrogen-bond acceptors (Lipinski definition) is 6. The van der Waals surface area contributed by atoms with Crippen molar-refractivity contribution in [3.63, 3.8) is 0 Å². The van der Waals surface area contributed by atoms with Crippen LogP contribution in [0.25, 0.3) is 0 Å². The molecule has 0 spiro atoms. The Bertz CT molecular complexity index is 434. The molecule has 0 saturated heterocycles. The van der Waals surface area contributed by atoms with Crippen LogP contribution in [-0.4, -0.2) is 31.1 Å². The zero-order valence-corrected chi connectivity index (χ0v) is 10.9. The second-order valence-corrected chi connectivity index (χ2v) is 4.02. The van der Waals surface area contributed by atoms with Gasteiger partial charge in [-0.3, -0.25) is 14.6 Å². The molecule has 0 bridgehead atoms. The van der Waals surface area contributed by atoms with E-state index < -0.39 is 17.9 Å². The average Bonchev–Trinajstić information content (AvgIpc) is 2.31. The number of hydrogen-bond donors (Lipinski definition) is 1. The number of rotatable bonds is 3. The molecule has 0 saturated carbocycles. The van der Waals surface area contributed by atoms with Gasteiger partial charge in [-0.2, -0.15) is 0 Å². The highest BCUT2D eigenvalue weighted by Gasteiger charge is 2.33. The van der Waals surface area contributed by atoms with Crippen LogP contribution in [0.1, 0.15) is 11.6 Å². The molecular weight excluding hydrogens is 292 g/mol. The third-order valence-electron chi connectivity index (χ3n) is 2.06. The Morgan fingerprint density at radius 2 is 1.88 bits per heavy atom. The van der Waals surface area contributed by atoms with E-state index in [1.54, 1.807) is 6.07 Å². The topological polar surface area (TPSA) is 91.5 Å². The smallest absolute Gasteiger partial charge is 0.326 e. The number of halogens is 1. The van der Waals surface area contributed by atoms with Gasteiger partial charge in [0.2, 0.25) is 0 Å². The number of anilines is 1. The summed E-state index contributed by atoms with van der Waals surface area (Å²) in [6.45, 7) is 0. The third kappa shape index (κ3) is 2.94. The van der Waals surface area contributed by atoms with Gasteiger partial charge in [0.05, 0.1) is 25.6 Å². The molecule has 0 fully saturated rings. The van der Waals surface area contributed by atoms with Gasteiger partial charge in [0, 0.05) is 10.7 Å². The van der Waals surface area contributed by atoms with Gasteiger partial charge < -0.3 is 15.2 Å². The number of nitrogens with zero attached hydrogens (tertiary/aromatic N) is 1. The van der Waals surface area contributed by atoms with Crippen LogP contribution in [-0.2, 0) is 19.1 Å². The van der Waals surface area contributed by atoms with Crippen LogP contribution in [0.3, 0.4) is 0 Å². The molecule has 6 nitrogen and oxygen atoms in total. The molecule has 1 aromatic rings. The van der Waals surface area contributed by atoms with Crippen LogP contribution in [0.2, 0.25) is 0 Å². The largest absolute Gasteiger partial charge is 0.468 e. The number of carbonyl (C=O) groups excluding carboxylic acids is 2. The van der Waals surface area contributed by atoms with Crippen molar-refractivity contribution < 1.29 is 19.1 Å². The van der Waals surface area contributed by atoms with E-state index in [1.807, 2.05) is 0 Å². The fraction of sp³-hybridized carbons (Fsp3) is 0.300. The van der Waals surface area contributed by atoms with Gasteiger partial charge in [0.15, 0.2) is 5.92 Å². The van der Waals surface area contributed by atoms with Crippen molar-refractivity contribution in [2.75, 3.05) is 20.0 Å². The molecule has 0 aliphatic heterocycles. The monoisotopic (exact) mass is 302 g/mol. The number of carbonyl (C=O) groups is 2. The quantitative estimate of drug-likeness (QED) is 0.657. The Kier molecular flexibility index (Phi) is 4.45. The minimum absolute atomic E-state index is 0.118. The summed E-state index contributed by atoms with van der Waals surface area (Å²) in [5.41, 5.74) is 6.03. The molecule has 0 amide bonds.